The van der Waals surface area contributed by atoms with E-state index in [9.17, 15) is 9.59 Å². The lowest BCUT2D eigenvalue weighted by Crippen LogP contribution is -2.21. The molecule has 23 heavy (non-hydrogen) atoms. The Kier molecular flexibility index (Phi) is 7.34. The van der Waals surface area contributed by atoms with Crippen LogP contribution in [0.2, 0.25) is 0 Å². The molecule has 2 fully saturated rings. The second-order valence-corrected chi connectivity index (χ2v) is 5.98. The van der Waals surface area contributed by atoms with Gasteiger partial charge in [0.2, 0.25) is 0 Å². The quantitative estimate of drug-likeness (QED) is 0.440. The van der Waals surface area contributed by atoms with Gasteiger partial charge in [-0.15, -0.1) is 0 Å². The van der Waals surface area contributed by atoms with E-state index >= 15 is 0 Å². The van der Waals surface area contributed by atoms with Gasteiger partial charge in [-0.25, -0.2) is 4.79 Å². The van der Waals surface area contributed by atoms with E-state index in [0.717, 1.165) is 6.29 Å². The molecule has 2 atom stereocenters. The van der Waals surface area contributed by atoms with Gasteiger partial charge in [0.05, 0.1) is 19.8 Å². The molecule has 0 amide bonds. The molecule has 0 aromatic carbocycles. The lowest BCUT2D eigenvalue weighted by atomic mass is 10.3. The fourth-order valence-electron chi connectivity index (χ4n) is 1.97. The molecule has 0 bridgehead atoms. The Bertz CT molecular complexity index is 428. The highest BCUT2D eigenvalue weighted by molar-refractivity contribution is 5.81. The SMILES string of the molecule is CC1(C)OC[C@H](C=O)O1.CCOC(=O)/C=C/[C@H]1COC(C)(C)O1. The number of rotatable bonds is 4. The molecule has 0 N–H and O–H groups in total. The third-order valence-corrected chi connectivity index (χ3v) is 2.95. The van der Waals surface area contributed by atoms with E-state index in [0.29, 0.717) is 19.8 Å². The molecule has 132 valence electrons. The fourth-order valence-corrected chi connectivity index (χ4v) is 1.97. The minimum atomic E-state index is -0.564. The van der Waals surface area contributed by atoms with E-state index in [2.05, 4.69) is 0 Å². The first-order valence-corrected chi connectivity index (χ1v) is 7.61. The molecule has 0 saturated carbocycles. The normalized spacial score (nSPS) is 28.2. The maximum atomic E-state index is 11.0. The van der Waals surface area contributed by atoms with E-state index in [1.807, 2.05) is 13.8 Å². The highest BCUT2D eigenvalue weighted by Crippen LogP contribution is 2.22. The smallest absolute Gasteiger partial charge is 0.330 e. The molecule has 2 heterocycles. The zero-order valence-corrected chi connectivity index (χ0v) is 14.4. The van der Waals surface area contributed by atoms with Crippen LogP contribution in [0.25, 0.3) is 0 Å². The van der Waals surface area contributed by atoms with Gasteiger partial charge in [-0.1, -0.05) is 0 Å². The lowest BCUT2D eigenvalue weighted by Gasteiger charge is -2.15. The Morgan fingerprint density at radius 2 is 1.61 bits per heavy atom. The first-order chi connectivity index (χ1) is 10.7. The number of carbonyl (C=O) groups is 2. The van der Waals surface area contributed by atoms with E-state index in [4.69, 9.17) is 23.7 Å². The van der Waals surface area contributed by atoms with Crippen molar-refractivity contribution < 1.29 is 33.3 Å². The van der Waals surface area contributed by atoms with Crippen molar-refractivity contribution in [1.82, 2.24) is 0 Å². The van der Waals surface area contributed by atoms with Crippen molar-refractivity contribution in [3.05, 3.63) is 12.2 Å². The fraction of sp³-hybridized carbons (Fsp3) is 0.750. The Balaban J connectivity index is 0.000000253. The largest absolute Gasteiger partial charge is 0.463 e. The van der Waals surface area contributed by atoms with E-state index in [1.54, 1.807) is 26.8 Å². The Hall–Kier alpha value is -1.28. The molecular weight excluding hydrogens is 304 g/mol. The summed E-state index contributed by atoms with van der Waals surface area (Å²) in [5.74, 6) is -1.46. The van der Waals surface area contributed by atoms with Gasteiger partial charge >= 0.3 is 5.97 Å². The minimum absolute atomic E-state index is 0.158. The van der Waals surface area contributed by atoms with Crippen molar-refractivity contribution in [3.8, 4) is 0 Å². The molecule has 7 nitrogen and oxygen atoms in total. The maximum Gasteiger partial charge on any atom is 0.330 e. The van der Waals surface area contributed by atoms with Crippen LogP contribution in [0.1, 0.15) is 34.6 Å². The molecule has 2 aliphatic heterocycles. The molecule has 7 heteroatoms. The standard InChI is InChI=1S/C10H16O4.C6H10O3/c1-4-12-9(11)6-5-8-7-13-10(2,3)14-8;1-6(2)8-4-5(3-7)9-6/h5-6,8H,4,7H2,1-3H3;3,5H,4H2,1-2H3/b6-5+;/t8-;5-/m00/s1. The molecule has 0 aromatic rings. The molecule has 0 aromatic heterocycles. The molecular formula is C16H26O7. The van der Waals surface area contributed by atoms with Gasteiger partial charge in [-0.2, -0.15) is 0 Å². The van der Waals surface area contributed by atoms with E-state index in [1.165, 1.54) is 6.08 Å². The van der Waals surface area contributed by atoms with Crippen molar-refractivity contribution in [3.63, 3.8) is 0 Å². The van der Waals surface area contributed by atoms with Gasteiger partial charge in [-0.05, 0) is 40.7 Å². The van der Waals surface area contributed by atoms with Crippen LogP contribution < -0.4 is 0 Å². The summed E-state index contributed by atoms with van der Waals surface area (Å²) in [6.45, 7) is 10.3. The monoisotopic (exact) mass is 330 g/mol. The van der Waals surface area contributed by atoms with E-state index in [-0.39, 0.29) is 18.2 Å². The molecule has 0 radical (unpaired) electrons. The van der Waals surface area contributed by atoms with Crippen molar-refractivity contribution in [2.75, 3.05) is 19.8 Å². The summed E-state index contributed by atoms with van der Waals surface area (Å²) in [4.78, 5) is 21.0. The summed E-state index contributed by atoms with van der Waals surface area (Å²) in [6.07, 6.45) is 3.27. The van der Waals surface area contributed by atoms with Crippen LogP contribution in [0.15, 0.2) is 12.2 Å². The Morgan fingerprint density at radius 1 is 1.09 bits per heavy atom. The maximum absolute atomic E-state index is 11.0. The average Bonchev–Trinajstić information content (AvgIpc) is 2.99. The zero-order valence-electron chi connectivity index (χ0n) is 14.4. The second-order valence-electron chi connectivity index (χ2n) is 5.98. The molecule has 2 aliphatic rings. The molecule has 0 spiro atoms. The number of hydrogen-bond donors (Lipinski definition) is 0. The number of esters is 1. The highest BCUT2D eigenvalue weighted by Gasteiger charge is 2.32. The second kappa shape index (κ2) is 8.54. The van der Waals surface area contributed by atoms with Crippen molar-refractivity contribution >= 4 is 12.3 Å². The van der Waals surface area contributed by atoms with Crippen LogP contribution in [-0.2, 0) is 33.3 Å². The first kappa shape index (κ1) is 19.8. The molecule has 2 saturated heterocycles. The Morgan fingerprint density at radius 3 is 1.96 bits per heavy atom. The van der Waals surface area contributed by atoms with E-state index < -0.39 is 11.6 Å². The van der Waals surface area contributed by atoms with Crippen LogP contribution in [0.4, 0.5) is 0 Å². The third-order valence-electron chi connectivity index (χ3n) is 2.95. The summed E-state index contributed by atoms with van der Waals surface area (Å²) < 4.78 is 25.7. The van der Waals surface area contributed by atoms with Gasteiger partial charge in [-0.3, -0.25) is 0 Å². The molecule has 0 unspecified atom stereocenters. The summed E-state index contributed by atoms with van der Waals surface area (Å²) in [5.41, 5.74) is 0. The summed E-state index contributed by atoms with van der Waals surface area (Å²) in [7, 11) is 0. The van der Waals surface area contributed by atoms with Gasteiger partial charge in [0, 0.05) is 6.08 Å². The average molecular weight is 330 g/mol. The van der Waals surface area contributed by atoms with Crippen LogP contribution in [0.5, 0.6) is 0 Å². The minimum Gasteiger partial charge on any atom is -0.463 e. The van der Waals surface area contributed by atoms with Gasteiger partial charge in [0.15, 0.2) is 17.9 Å². The number of hydrogen-bond acceptors (Lipinski definition) is 7. The topological polar surface area (TPSA) is 80.3 Å². The van der Waals surface area contributed by atoms with Crippen molar-refractivity contribution in [1.29, 1.82) is 0 Å². The number of carbonyl (C=O) groups excluding carboxylic acids is 2. The van der Waals surface area contributed by atoms with Crippen molar-refractivity contribution in [2.24, 2.45) is 0 Å². The van der Waals surface area contributed by atoms with Crippen LogP contribution in [0.3, 0.4) is 0 Å². The number of ether oxygens (including phenoxy) is 5. The predicted octanol–water partition coefficient (Wildman–Crippen LogP) is 1.59. The van der Waals surface area contributed by atoms with Crippen LogP contribution in [-0.4, -0.2) is 55.9 Å². The number of aldehydes is 1. The summed E-state index contributed by atoms with van der Waals surface area (Å²) in [6, 6.07) is 0. The van der Waals surface area contributed by atoms with Gasteiger partial charge in [0.1, 0.15) is 12.2 Å². The summed E-state index contributed by atoms with van der Waals surface area (Å²) >= 11 is 0. The predicted molar refractivity (Wildman–Crippen MR) is 81.6 cm³/mol. The third kappa shape index (κ3) is 7.69. The lowest BCUT2D eigenvalue weighted by molar-refractivity contribution is -0.145. The molecule has 0 aliphatic carbocycles. The summed E-state index contributed by atoms with van der Waals surface area (Å²) in [5, 5.41) is 0. The van der Waals surface area contributed by atoms with Crippen LogP contribution >= 0.6 is 0 Å². The van der Waals surface area contributed by atoms with Crippen LogP contribution in [0, 0.1) is 0 Å². The van der Waals surface area contributed by atoms with Gasteiger partial charge < -0.3 is 28.5 Å². The highest BCUT2D eigenvalue weighted by atomic mass is 16.7. The van der Waals surface area contributed by atoms with Crippen molar-refractivity contribution in [2.45, 2.75) is 58.4 Å². The zero-order chi connectivity index (χ0) is 17.5. The molecule has 2 rings (SSSR count). The van der Waals surface area contributed by atoms with Gasteiger partial charge in [0.25, 0.3) is 0 Å². The Labute approximate surface area is 136 Å². The first-order valence-electron chi connectivity index (χ1n) is 7.61.